The minimum atomic E-state index is -0.752. The lowest BCUT2D eigenvalue weighted by atomic mass is 9.87. The van der Waals surface area contributed by atoms with Crippen molar-refractivity contribution in [2.45, 2.75) is 45.6 Å². The first kappa shape index (κ1) is 22.5. The van der Waals surface area contributed by atoms with Crippen LogP contribution in [0.4, 0.5) is 11.6 Å². The maximum atomic E-state index is 11.3. The summed E-state index contributed by atoms with van der Waals surface area (Å²) in [4.78, 5) is 20.5. The highest BCUT2D eigenvalue weighted by Gasteiger charge is 2.28. The van der Waals surface area contributed by atoms with Gasteiger partial charge in [-0.3, -0.25) is 4.79 Å². The van der Waals surface area contributed by atoms with Crippen molar-refractivity contribution in [1.29, 1.82) is 0 Å². The second-order valence-corrected chi connectivity index (χ2v) is 8.05. The minimum Gasteiger partial charge on any atom is -0.489 e. The van der Waals surface area contributed by atoms with Gasteiger partial charge in [0, 0.05) is 13.1 Å². The van der Waals surface area contributed by atoms with Crippen LogP contribution in [0.1, 0.15) is 38.3 Å². The van der Waals surface area contributed by atoms with Crippen molar-refractivity contribution >= 4 is 17.6 Å². The van der Waals surface area contributed by atoms with Crippen LogP contribution < -0.4 is 14.8 Å². The third-order valence-electron chi connectivity index (χ3n) is 5.64. The summed E-state index contributed by atoms with van der Waals surface area (Å²) in [7, 11) is 1.79. The molecule has 3 aromatic rings. The number of carboxylic acid groups (broad SMARTS) is 1. The fraction of sp³-hybridized carbons (Fsp3) is 0.435. The Balaban J connectivity index is 1.53. The second kappa shape index (κ2) is 9.85. The Labute approximate surface area is 192 Å². The molecule has 174 valence electrons. The van der Waals surface area contributed by atoms with Crippen LogP contribution in [0, 0.1) is 12.8 Å². The van der Waals surface area contributed by atoms with E-state index >= 15 is 0 Å². The number of hydrogen-bond acceptors (Lipinski definition) is 8. The summed E-state index contributed by atoms with van der Waals surface area (Å²) < 4.78 is 13.2. The molecule has 3 aromatic heterocycles. The molecule has 33 heavy (non-hydrogen) atoms. The zero-order valence-electron chi connectivity index (χ0n) is 19.0. The zero-order valence-corrected chi connectivity index (χ0v) is 19.0. The van der Waals surface area contributed by atoms with Crippen molar-refractivity contribution in [2.75, 3.05) is 11.9 Å². The number of pyridine rings is 2. The van der Waals surface area contributed by atoms with E-state index in [0.29, 0.717) is 59.8 Å². The van der Waals surface area contributed by atoms with Gasteiger partial charge in [-0.1, -0.05) is 11.3 Å². The molecule has 10 heteroatoms. The molecule has 3 heterocycles. The summed E-state index contributed by atoms with van der Waals surface area (Å²) >= 11 is 0. The number of aryl methyl sites for hydroxylation is 2. The maximum absolute atomic E-state index is 11.3. The number of aliphatic carboxylic acids is 1. The molecule has 2 N–H and O–H groups in total. The predicted molar refractivity (Wildman–Crippen MR) is 122 cm³/mol. The fourth-order valence-corrected chi connectivity index (χ4v) is 3.96. The minimum absolute atomic E-state index is 0.122. The molecule has 0 saturated heterocycles. The van der Waals surface area contributed by atoms with E-state index in [4.69, 9.17) is 9.47 Å². The number of carboxylic acids is 1. The van der Waals surface area contributed by atoms with E-state index < -0.39 is 5.97 Å². The molecule has 0 aromatic carbocycles. The van der Waals surface area contributed by atoms with E-state index in [-0.39, 0.29) is 12.0 Å². The van der Waals surface area contributed by atoms with Crippen LogP contribution in [0.5, 0.6) is 11.6 Å². The van der Waals surface area contributed by atoms with Crippen molar-refractivity contribution in [1.82, 2.24) is 25.0 Å². The van der Waals surface area contributed by atoms with Gasteiger partial charge >= 0.3 is 5.97 Å². The monoisotopic (exact) mass is 452 g/mol. The Kier molecular flexibility index (Phi) is 6.71. The van der Waals surface area contributed by atoms with Gasteiger partial charge < -0.3 is 19.9 Å². The normalized spacial score (nSPS) is 18.0. The Morgan fingerprint density at radius 3 is 2.85 bits per heavy atom. The van der Waals surface area contributed by atoms with Crippen molar-refractivity contribution in [3.05, 3.63) is 36.0 Å². The standard InChI is InChI=1S/C23H28N6O4/c1-4-32-20-10-6-9-19(25-20)26-22-21(27-28-29(22)3)17-11-12-18(14(2)24-17)33-16-8-5-7-15(13-16)23(30)31/h6,9-12,15-16H,4-5,7-8,13H2,1-3H3,(H,25,26)(H,30,31)/t15-,16-/m0/s1. The number of nitrogens with one attached hydrogen (secondary N) is 1. The second-order valence-electron chi connectivity index (χ2n) is 8.05. The highest BCUT2D eigenvalue weighted by Crippen LogP contribution is 2.32. The van der Waals surface area contributed by atoms with Crippen molar-refractivity contribution in [3.63, 3.8) is 0 Å². The lowest BCUT2D eigenvalue weighted by molar-refractivity contribution is -0.143. The van der Waals surface area contributed by atoms with E-state index in [9.17, 15) is 9.90 Å². The first-order chi connectivity index (χ1) is 15.9. The highest BCUT2D eigenvalue weighted by atomic mass is 16.5. The van der Waals surface area contributed by atoms with Gasteiger partial charge in [-0.05, 0) is 57.7 Å². The quantitative estimate of drug-likeness (QED) is 0.526. The Morgan fingerprint density at radius 1 is 1.24 bits per heavy atom. The predicted octanol–water partition coefficient (Wildman–Crippen LogP) is 3.75. The van der Waals surface area contributed by atoms with Crippen LogP contribution in [0.15, 0.2) is 30.3 Å². The average molecular weight is 453 g/mol. The molecule has 10 nitrogen and oxygen atoms in total. The summed E-state index contributed by atoms with van der Waals surface area (Å²) in [6.45, 7) is 4.31. The smallest absolute Gasteiger partial charge is 0.306 e. The molecule has 0 aliphatic heterocycles. The zero-order chi connectivity index (χ0) is 23.4. The highest BCUT2D eigenvalue weighted by molar-refractivity contribution is 5.72. The summed E-state index contributed by atoms with van der Waals surface area (Å²) in [6.07, 6.45) is 2.79. The SMILES string of the molecule is CCOc1cccc(Nc2c(-c3ccc(O[C@H]4CCC[C@H](C(=O)O)C4)c(C)n3)nnn2C)n1. The summed E-state index contributed by atoms with van der Waals surface area (Å²) in [5.41, 5.74) is 1.93. The van der Waals surface area contributed by atoms with Crippen LogP contribution in [-0.4, -0.2) is 48.7 Å². The van der Waals surface area contributed by atoms with Gasteiger partial charge in [0.1, 0.15) is 11.6 Å². The molecule has 4 rings (SSSR count). The van der Waals surface area contributed by atoms with Gasteiger partial charge in [0.2, 0.25) is 5.88 Å². The number of carbonyl (C=O) groups is 1. The van der Waals surface area contributed by atoms with Gasteiger partial charge in [0.25, 0.3) is 0 Å². The third-order valence-corrected chi connectivity index (χ3v) is 5.64. The number of aromatic nitrogens is 5. The van der Waals surface area contributed by atoms with E-state index in [1.165, 1.54) is 0 Å². The fourth-order valence-electron chi connectivity index (χ4n) is 3.96. The summed E-state index contributed by atoms with van der Waals surface area (Å²) in [5, 5.41) is 21.0. The molecule has 0 amide bonds. The summed E-state index contributed by atoms with van der Waals surface area (Å²) in [6, 6.07) is 9.18. The lowest BCUT2D eigenvalue weighted by Crippen LogP contribution is -2.29. The topological polar surface area (TPSA) is 124 Å². The molecular formula is C23H28N6O4. The molecule has 1 aliphatic rings. The van der Waals surface area contributed by atoms with Crippen LogP contribution in [0.2, 0.25) is 0 Å². The first-order valence-corrected chi connectivity index (χ1v) is 11.1. The molecule has 0 spiro atoms. The number of rotatable bonds is 8. The van der Waals surface area contributed by atoms with Gasteiger partial charge in [0.15, 0.2) is 11.5 Å². The van der Waals surface area contributed by atoms with E-state index in [1.807, 2.05) is 38.1 Å². The number of anilines is 2. The van der Waals surface area contributed by atoms with Gasteiger partial charge in [0.05, 0.1) is 30.0 Å². The van der Waals surface area contributed by atoms with Crippen LogP contribution >= 0.6 is 0 Å². The largest absolute Gasteiger partial charge is 0.489 e. The van der Waals surface area contributed by atoms with Crippen LogP contribution in [-0.2, 0) is 11.8 Å². The maximum Gasteiger partial charge on any atom is 0.306 e. The molecular weight excluding hydrogens is 424 g/mol. The van der Waals surface area contributed by atoms with Gasteiger partial charge in [-0.25, -0.2) is 9.67 Å². The van der Waals surface area contributed by atoms with E-state index in [1.54, 1.807) is 17.8 Å². The Morgan fingerprint density at radius 2 is 2.09 bits per heavy atom. The molecule has 0 unspecified atom stereocenters. The molecule has 0 bridgehead atoms. The van der Waals surface area contributed by atoms with Crippen molar-refractivity contribution in [2.24, 2.45) is 13.0 Å². The molecule has 1 aliphatic carbocycles. The number of ether oxygens (including phenoxy) is 2. The average Bonchev–Trinajstić information content (AvgIpc) is 3.16. The van der Waals surface area contributed by atoms with E-state index in [0.717, 1.165) is 12.8 Å². The third kappa shape index (κ3) is 5.21. The van der Waals surface area contributed by atoms with Crippen molar-refractivity contribution in [3.8, 4) is 23.0 Å². The van der Waals surface area contributed by atoms with Gasteiger partial charge in [-0.15, -0.1) is 5.10 Å². The lowest BCUT2D eigenvalue weighted by Gasteiger charge is -2.27. The van der Waals surface area contributed by atoms with Crippen molar-refractivity contribution < 1.29 is 19.4 Å². The summed E-state index contributed by atoms with van der Waals surface area (Å²) in [5.74, 6) is 1.33. The number of hydrogen-bond donors (Lipinski definition) is 2. The molecule has 1 saturated carbocycles. The Bertz CT molecular complexity index is 1130. The molecule has 0 radical (unpaired) electrons. The van der Waals surface area contributed by atoms with Crippen LogP contribution in [0.3, 0.4) is 0 Å². The van der Waals surface area contributed by atoms with E-state index in [2.05, 4.69) is 25.6 Å². The Hall–Kier alpha value is -3.69. The molecule has 1 fully saturated rings. The van der Waals surface area contributed by atoms with Gasteiger partial charge in [-0.2, -0.15) is 4.98 Å². The first-order valence-electron chi connectivity index (χ1n) is 11.1. The number of nitrogens with zero attached hydrogens (tertiary/aromatic N) is 5. The van der Waals surface area contributed by atoms with Crippen LogP contribution in [0.25, 0.3) is 11.4 Å². The molecule has 2 atom stereocenters.